The van der Waals surface area contributed by atoms with Gasteiger partial charge in [-0.15, -0.1) is 0 Å². The van der Waals surface area contributed by atoms with Crippen molar-refractivity contribution >= 4 is 15.7 Å². The van der Waals surface area contributed by atoms with E-state index < -0.39 is 15.4 Å². The van der Waals surface area contributed by atoms with E-state index in [1.54, 1.807) is 31.5 Å². The molecule has 0 aliphatic heterocycles. The van der Waals surface area contributed by atoms with Crippen molar-refractivity contribution in [2.45, 2.75) is 18.6 Å². The summed E-state index contributed by atoms with van der Waals surface area (Å²) in [6, 6.07) is 0.241. The summed E-state index contributed by atoms with van der Waals surface area (Å²) in [6.07, 6.45) is 8.83. The number of allylic oxidation sites excluding steroid dienone is 3. The van der Waals surface area contributed by atoms with Crippen LogP contribution in [0.5, 0.6) is 6.01 Å². The van der Waals surface area contributed by atoms with E-state index >= 15 is 0 Å². The Morgan fingerprint density at radius 2 is 2.05 bits per heavy atom. The summed E-state index contributed by atoms with van der Waals surface area (Å²) < 4.78 is 34.0. The number of rotatable bonds is 5. The van der Waals surface area contributed by atoms with E-state index in [0.29, 0.717) is 17.6 Å². The van der Waals surface area contributed by atoms with E-state index in [1.807, 2.05) is 6.08 Å². The highest BCUT2D eigenvalue weighted by Crippen LogP contribution is 2.29. The van der Waals surface area contributed by atoms with E-state index in [-0.39, 0.29) is 12.6 Å². The van der Waals surface area contributed by atoms with Crippen LogP contribution in [0.3, 0.4) is 0 Å². The van der Waals surface area contributed by atoms with Crippen molar-refractivity contribution in [3.05, 3.63) is 36.2 Å². The predicted molar refractivity (Wildman–Crippen MR) is 74.7 cm³/mol. The Morgan fingerprint density at radius 3 is 2.65 bits per heavy atom. The predicted octanol–water partition coefficient (Wildman–Crippen LogP) is 1.56. The number of nitrogens with zero attached hydrogens (tertiary/aromatic N) is 2. The summed E-state index contributed by atoms with van der Waals surface area (Å²) in [7, 11) is -2.18. The first-order chi connectivity index (χ1) is 9.58. The average molecular weight is 296 g/mol. The van der Waals surface area contributed by atoms with Crippen molar-refractivity contribution in [3.63, 3.8) is 0 Å². The van der Waals surface area contributed by atoms with Gasteiger partial charge in [-0.2, -0.15) is 8.42 Å². The Hall–Kier alpha value is -1.73. The van der Waals surface area contributed by atoms with Crippen molar-refractivity contribution in [2.24, 2.45) is 0 Å². The first kappa shape index (κ1) is 14.7. The molecular weight excluding hydrogens is 280 g/mol. The molecule has 1 aromatic heterocycles. The highest BCUT2D eigenvalue weighted by Gasteiger charge is 2.31. The van der Waals surface area contributed by atoms with Gasteiger partial charge in [0.2, 0.25) is 0 Å². The summed E-state index contributed by atoms with van der Waals surface area (Å²) >= 11 is 0. The van der Waals surface area contributed by atoms with Gasteiger partial charge < -0.3 is 4.74 Å². The molecule has 0 saturated heterocycles. The molecule has 0 saturated carbocycles. The normalized spacial score (nSPS) is 18.7. The van der Waals surface area contributed by atoms with E-state index in [0.717, 1.165) is 0 Å². The molecule has 1 aliphatic carbocycles. The monoisotopic (exact) mass is 296 g/mol. The second kappa shape index (κ2) is 6.15. The van der Waals surface area contributed by atoms with Crippen LogP contribution in [0.2, 0.25) is 0 Å². The zero-order valence-corrected chi connectivity index (χ0v) is 12.1. The van der Waals surface area contributed by atoms with E-state index in [4.69, 9.17) is 8.92 Å². The van der Waals surface area contributed by atoms with Gasteiger partial charge in [-0.1, -0.05) is 18.2 Å². The Labute approximate surface area is 118 Å². The summed E-state index contributed by atoms with van der Waals surface area (Å²) in [5.41, 5.74) is 1.27. The van der Waals surface area contributed by atoms with Crippen molar-refractivity contribution < 1.29 is 17.3 Å². The van der Waals surface area contributed by atoms with Crippen LogP contribution in [0.25, 0.3) is 5.57 Å². The molecule has 0 bridgehead atoms. The van der Waals surface area contributed by atoms with Gasteiger partial charge in [-0.3, -0.25) is 4.18 Å². The Morgan fingerprint density at radius 1 is 1.35 bits per heavy atom. The van der Waals surface area contributed by atoms with E-state index in [2.05, 4.69) is 9.97 Å². The van der Waals surface area contributed by atoms with Crippen molar-refractivity contribution in [1.29, 1.82) is 0 Å². The van der Waals surface area contributed by atoms with Gasteiger partial charge in [0.15, 0.2) is 0 Å². The molecule has 0 fully saturated rings. The molecule has 6 nitrogen and oxygen atoms in total. The standard InChI is InChI=1S/C13H16N2O4S/c1-3-19-20(16,17)12-7-5-4-6-11(12)10-8-14-13(18-2)15-9-10/h4-6,8-9,12H,3,7H2,1-2H3. The summed E-state index contributed by atoms with van der Waals surface area (Å²) in [4.78, 5) is 8.00. The van der Waals surface area contributed by atoms with Gasteiger partial charge in [0.05, 0.1) is 13.7 Å². The van der Waals surface area contributed by atoms with Crippen LogP contribution in [0, 0.1) is 0 Å². The fourth-order valence-electron chi connectivity index (χ4n) is 1.98. The first-order valence-corrected chi connectivity index (χ1v) is 7.67. The lowest BCUT2D eigenvalue weighted by atomic mass is 9.99. The topological polar surface area (TPSA) is 78.4 Å². The fraction of sp³-hybridized carbons (Fsp3) is 0.385. The minimum atomic E-state index is -3.65. The van der Waals surface area contributed by atoms with Crippen LogP contribution in [0.4, 0.5) is 0 Å². The number of hydrogen-bond acceptors (Lipinski definition) is 6. The number of hydrogen-bond donors (Lipinski definition) is 0. The minimum Gasteiger partial charge on any atom is -0.467 e. The lowest BCUT2D eigenvalue weighted by molar-refractivity contribution is 0.334. The Bertz CT molecular complexity index is 620. The lowest BCUT2D eigenvalue weighted by Gasteiger charge is -2.21. The van der Waals surface area contributed by atoms with Crippen molar-refractivity contribution in [3.8, 4) is 6.01 Å². The van der Waals surface area contributed by atoms with Crippen molar-refractivity contribution in [2.75, 3.05) is 13.7 Å². The zero-order valence-electron chi connectivity index (χ0n) is 11.3. The van der Waals surface area contributed by atoms with Gasteiger partial charge in [0, 0.05) is 18.0 Å². The maximum absolute atomic E-state index is 12.1. The molecule has 1 heterocycles. The molecule has 1 aromatic rings. The molecule has 108 valence electrons. The molecule has 20 heavy (non-hydrogen) atoms. The third-order valence-corrected chi connectivity index (χ3v) is 4.59. The second-order valence-corrected chi connectivity index (χ2v) is 5.92. The maximum Gasteiger partial charge on any atom is 0.316 e. The fourth-order valence-corrected chi connectivity index (χ4v) is 3.35. The van der Waals surface area contributed by atoms with Gasteiger partial charge in [-0.05, 0) is 18.9 Å². The molecule has 0 amide bonds. The molecule has 1 unspecified atom stereocenters. The van der Waals surface area contributed by atoms with Crippen LogP contribution in [-0.2, 0) is 14.3 Å². The highest BCUT2D eigenvalue weighted by molar-refractivity contribution is 7.87. The zero-order chi connectivity index (χ0) is 14.6. The van der Waals surface area contributed by atoms with Crippen LogP contribution >= 0.6 is 0 Å². The van der Waals surface area contributed by atoms with Gasteiger partial charge in [0.25, 0.3) is 10.1 Å². The number of ether oxygens (including phenoxy) is 1. The number of aromatic nitrogens is 2. The number of methoxy groups -OCH3 is 1. The van der Waals surface area contributed by atoms with Gasteiger partial charge >= 0.3 is 6.01 Å². The van der Waals surface area contributed by atoms with Gasteiger partial charge in [-0.25, -0.2) is 9.97 Å². The quantitative estimate of drug-likeness (QED) is 0.767. The summed E-state index contributed by atoms with van der Waals surface area (Å²) in [5, 5.41) is -0.732. The first-order valence-electron chi connectivity index (χ1n) is 6.20. The van der Waals surface area contributed by atoms with Crippen LogP contribution in [0.15, 0.2) is 30.6 Å². The van der Waals surface area contributed by atoms with Crippen LogP contribution in [-0.4, -0.2) is 37.4 Å². The van der Waals surface area contributed by atoms with E-state index in [9.17, 15) is 8.42 Å². The Balaban J connectivity index is 2.35. The summed E-state index contributed by atoms with van der Waals surface area (Å²) in [5.74, 6) is 0. The smallest absolute Gasteiger partial charge is 0.316 e. The van der Waals surface area contributed by atoms with E-state index in [1.165, 1.54) is 7.11 Å². The largest absolute Gasteiger partial charge is 0.467 e. The van der Waals surface area contributed by atoms with Crippen molar-refractivity contribution in [1.82, 2.24) is 9.97 Å². The lowest BCUT2D eigenvalue weighted by Crippen LogP contribution is -2.26. The third kappa shape index (κ3) is 3.05. The molecule has 2 rings (SSSR count). The molecule has 0 radical (unpaired) electrons. The molecule has 0 spiro atoms. The third-order valence-electron chi connectivity index (χ3n) is 2.88. The Kier molecular flexibility index (Phi) is 4.51. The molecule has 0 N–H and O–H groups in total. The average Bonchev–Trinajstić information content (AvgIpc) is 2.47. The van der Waals surface area contributed by atoms with Gasteiger partial charge in [0.1, 0.15) is 5.25 Å². The molecule has 1 atom stereocenters. The molecule has 1 aliphatic rings. The minimum absolute atomic E-state index is 0.120. The highest BCUT2D eigenvalue weighted by atomic mass is 32.2. The SMILES string of the molecule is CCOS(=O)(=O)C1CC=CC=C1c1cnc(OC)nc1. The van der Waals surface area contributed by atoms with Crippen LogP contribution < -0.4 is 4.74 Å². The van der Waals surface area contributed by atoms with Crippen LogP contribution in [0.1, 0.15) is 18.9 Å². The molecular formula is C13H16N2O4S. The summed E-state index contributed by atoms with van der Waals surface area (Å²) in [6.45, 7) is 1.77. The molecule has 0 aromatic carbocycles. The second-order valence-electron chi connectivity index (χ2n) is 4.13. The maximum atomic E-state index is 12.1. The molecule has 7 heteroatoms.